The maximum absolute atomic E-state index is 13.6. The zero-order valence-electron chi connectivity index (χ0n) is 17.9. The van der Waals surface area contributed by atoms with Crippen molar-refractivity contribution in [2.45, 2.75) is 13.0 Å². The van der Waals surface area contributed by atoms with Gasteiger partial charge in [0, 0.05) is 11.2 Å². The molecule has 0 saturated carbocycles. The normalized spacial score (nSPS) is 15.1. The molecule has 1 unspecified atom stereocenters. The molecule has 1 aliphatic heterocycles. The monoisotopic (exact) mass is 462 g/mol. The summed E-state index contributed by atoms with van der Waals surface area (Å²) in [4.78, 5) is 33.0. The molecule has 5 rings (SSSR count). The van der Waals surface area contributed by atoms with Gasteiger partial charge in [-0.2, -0.15) is 0 Å². The Morgan fingerprint density at radius 2 is 1.94 bits per heavy atom. The first-order chi connectivity index (χ1) is 16.0. The molecule has 8 heteroatoms. The standard InChI is InChI=1S/C25H19ClN2O5/c1-3-32-18-9-7-14(12-19(18)31-2)22-21-23(29)16-13-15(26)8-10-17(16)33-24(21)25(30)28(22)20-6-4-5-11-27-20/h4-13,22H,3H2,1-2H3. The van der Waals surface area contributed by atoms with Crippen molar-refractivity contribution in [2.24, 2.45) is 0 Å². The third-order valence-corrected chi connectivity index (χ3v) is 5.77. The van der Waals surface area contributed by atoms with Gasteiger partial charge < -0.3 is 13.9 Å². The predicted molar refractivity (Wildman–Crippen MR) is 125 cm³/mol. The maximum atomic E-state index is 13.6. The van der Waals surface area contributed by atoms with E-state index in [1.807, 2.05) is 6.92 Å². The van der Waals surface area contributed by atoms with Crippen molar-refractivity contribution < 1.29 is 18.7 Å². The largest absolute Gasteiger partial charge is 0.493 e. The molecule has 0 N–H and O–H groups in total. The lowest BCUT2D eigenvalue weighted by Crippen LogP contribution is -2.30. The molecular weight excluding hydrogens is 444 g/mol. The number of nitrogens with zero attached hydrogens (tertiary/aromatic N) is 2. The van der Waals surface area contributed by atoms with Crippen LogP contribution in [0.1, 0.15) is 34.6 Å². The number of pyridine rings is 1. The van der Waals surface area contributed by atoms with E-state index in [1.165, 1.54) is 12.0 Å². The van der Waals surface area contributed by atoms with Crippen molar-refractivity contribution >= 4 is 34.3 Å². The third kappa shape index (κ3) is 3.41. The Labute approximate surface area is 194 Å². The lowest BCUT2D eigenvalue weighted by Gasteiger charge is -2.24. The van der Waals surface area contributed by atoms with Crippen LogP contribution < -0.4 is 19.8 Å². The molecule has 1 aliphatic rings. The van der Waals surface area contributed by atoms with E-state index in [4.69, 9.17) is 25.5 Å². The molecule has 2 aromatic carbocycles. The number of rotatable bonds is 5. The molecule has 0 fully saturated rings. The van der Waals surface area contributed by atoms with Crippen molar-refractivity contribution in [3.8, 4) is 11.5 Å². The molecule has 4 aromatic rings. The predicted octanol–water partition coefficient (Wildman–Crippen LogP) is 5.00. The second-order valence-corrected chi connectivity index (χ2v) is 7.86. The molecule has 0 bridgehead atoms. The van der Waals surface area contributed by atoms with Crippen LogP contribution >= 0.6 is 11.6 Å². The average molecular weight is 463 g/mol. The quantitative estimate of drug-likeness (QED) is 0.415. The van der Waals surface area contributed by atoms with E-state index in [0.717, 1.165) is 0 Å². The number of amides is 1. The van der Waals surface area contributed by atoms with Gasteiger partial charge in [-0.15, -0.1) is 0 Å². The first-order valence-corrected chi connectivity index (χ1v) is 10.7. The van der Waals surface area contributed by atoms with Gasteiger partial charge in [0.05, 0.1) is 30.7 Å². The number of carbonyl (C=O) groups is 1. The minimum Gasteiger partial charge on any atom is -0.493 e. The SMILES string of the molecule is CCOc1ccc(C2c3c(oc4ccc(Cl)cc4c3=O)C(=O)N2c2ccccn2)cc1OC. The van der Waals surface area contributed by atoms with Gasteiger partial charge in [0.1, 0.15) is 11.4 Å². The summed E-state index contributed by atoms with van der Waals surface area (Å²) in [6, 6.07) is 14.5. The molecule has 0 spiro atoms. The number of fused-ring (bicyclic) bond motifs is 2. The number of ether oxygens (including phenoxy) is 2. The van der Waals surface area contributed by atoms with E-state index in [1.54, 1.807) is 60.8 Å². The van der Waals surface area contributed by atoms with E-state index < -0.39 is 11.9 Å². The Hall–Kier alpha value is -3.84. The van der Waals surface area contributed by atoms with Crippen molar-refractivity contribution in [2.75, 3.05) is 18.6 Å². The Kier molecular flexibility index (Phi) is 5.26. The van der Waals surface area contributed by atoms with Gasteiger partial charge in [0.25, 0.3) is 5.91 Å². The second kappa shape index (κ2) is 8.26. The number of aromatic nitrogens is 1. The number of methoxy groups -OCH3 is 1. The lowest BCUT2D eigenvalue weighted by atomic mass is 9.98. The van der Waals surface area contributed by atoms with Gasteiger partial charge >= 0.3 is 0 Å². The summed E-state index contributed by atoms with van der Waals surface area (Å²) >= 11 is 6.14. The fourth-order valence-electron chi connectivity index (χ4n) is 4.12. The first-order valence-electron chi connectivity index (χ1n) is 10.3. The molecular formula is C25H19ClN2O5. The second-order valence-electron chi connectivity index (χ2n) is 7.42. The minimum absolute atomic E-state index is 0.0154. The first kappa shape index (κ1) is 21.0. The smallest absolute Gasteiger partial charge is 0.296 e. The molecule has 1 atom stereocenters. The van der Waals surface area contributed by atoms with E-state index in [9.17, 15) is 9.59 Å². The van der Waals surface area contributed by atoms with Crippen LogP contribution in [0.2, 0.25) is 5.02 Å². The van der Waals surface area contributed by atoms with Crippen LogP contribution in [0.3, 0.4) is 0 Å². The Bertz CT molecular complexity index is 1430. The number of benzene rings is 2. The summed E-state index contributed by atoms with van der Waals surface area (Å²) in [6.07, 6.45) is 1.59. The molecule has 0 aliphatic carbocycles. The fourth-order valence-corrected chi connectivity index (χ4v) is 4.29. The molecule has 2 aromatic heterocycles. The van der Waals surface area contributed by atoms with Crippen LogP contribution in [-0.4, -0.2) is 24.6 Å². The summed E-state index contributed by atoms with van der Waals surface area (Å²) in [5.41, 5.74) is 0.856. The van der Waals surface area contributed by atoms with Gasteiger partial charge in [0.15, 0.2) is 16.9 Å². The Morgan fingerprint density at radius 1 is 1.09 bits per heavy atom. The van der Waals surface area contributed by atoms with Crippen molar-refractivity contribution in [3.63, 3.8) is 0 Å². The van der Waals surface area contributed by atoms with Crippen LogP contribution in [0.4, 0.5) is 5.82 Å². The summed E-state index contributed by atoms with van der Waals surface area (Å²) in [6.45, 7) is 2.35. The van der Waals surface area contributed by atoms with Gasteiger partial charge in [0.2, 0.25) is 5.76 Å². The van der Waals surface area contributed by atoms with Gasteiger partial charge in [-0.1, -0.05) is 23.7 Å². The minimum atomic E-state index is -0.772. The molecule has 0 saturated heterocycles. The van der Waals surface area contributed by atoms with Crippen LogP contribution in [0.5, 0.6) is 11.5 Å². The fraction of sp³-hybridized carbons (Fsp3) is 0.160. The van der Waals surface area contributed by atoms with Gasteiger partial charge in [-0.25, -0.2) is 4.98 Å². The summed E-state index contributed by atoms with van der Waals surface area (Å²) in [5, 5.41) is 0.708. The highest BCUT2D eigenvalue weighted by atomic mass is 35.5. The van der Waals surface area contributed by atoms with Crippen molar-refractivity contribution in [1.29, 1.82) is 0 Å². The number of halogens is 1. The van der Waals surface area contributed by atoms with Crippen molar-refractivity contribution in [1.82, 2.24) is 4.98 Å². The molecule has 0 radical (unpaired) electrons. The topological polar surface area (TPSA) is 81.9 Å². The summed E-state index contributed by atoms with van der Waals surface area (Å²) in [5.74, 6) is 0.988. The number of hydrogen-bond donors (Lipinski definition) is 0. The highest BCUT2D eigenvalue weighted by molar-refractivity contribution is 6.31. The molecule has 3 heterocycles. The van der Waals surface area contributed by atoms with Gasteiger partial charge in [-0.05, 0) is 55.0 Å². The summed E-state index contributed by atoms with van der Waals surface area (Å²) in [7, 11) is 1.54. The summed E-state index contributed by atoms with van der Waals surface area (Å²) < 4.78 is 17.1. The Morgan fingerprint density at radius 3 is 2.67 bits per heavy atom. The van der Waals surface area contributed by atoms with Crippen LogP contribution in [-0.2, 0) is 0 Å². The molecule has 33 heavy (non-hydrogen) atoms. The van der Waals surface area contributed by atoms with E-state index >= 15 is 0 Å². The average Bonchev–Trinajstić information content (AvgIpc) is 3.13. The number of hydrogen-bond acceptors (Lipinski definition) is 6. The third-order valence-electron chi connectivity index (χ3n) is 5.53. The van der Waals surface area contributed by atoms with Crippen LogP contribution in [0.25, 0.3) is 11.0 Å². The lowest BCUT2D eigenvalue weighted by molar-refractivity contribution is 0.0970. The van der Waals surface area contributed by atoms with Crippen molar-refractivity contribution in [3.05, 3.63) is 92.9 Å². The van der Waals surface area contributed by atoms with Crippen LogP contribution in [0, 0.1) is 0 Å². The van der Waals surface area contributed by atoms with Crippen LogP contribution in [0.15, 0.2) is 70.0 Å². The van der Waals surface area contributed by atoms with Gasteiger partial charge in [-0.3, -0.25) is 14.5 Å². The van der Waals surface area contributed by atoms with E-state index in [-0.39, 0.29) is 16.8 Å². The zero-order chi connectivity index (χ0) is 23.1. The molecule has 166 valence electrons. The number of anilines is 1. The highest BCUT2D eigenvalue weighted by Crippen LogP contribution is 2.42. The van der Waals surface area contributed by atoms with E-state index in [2.05, 4.69) is 4.98 Å². The number of carbonyl (C=O) groups excluding carboxylic acids is 1. The molecule has 7 nitrogen and oxygen atoms in total. The highest BCUT2D eigenvalue weighted by Gasteiger charge is 2.44. The van der Waals surface area contributed by atoms with E-state index in [0.29, 0.717) is 45.5 Å². The Balaban J connectivity index is 1.79. The molecule has 1 amide bonds. The zero-order valence-corrected chi connectivity index (χ0v) is 18.6. The maximum Gasteiger partial charge on any atom is 0.296 e.